The Bertz CT molecular complexity index is 628. The van der Waals surface area contributed by atoms with Crippen molar-refractivity contribution < 1.29 is 39.3 Å². The van der Waals surface area contributed by atoms with Gasteiger partial charge in [0.2, 0.25) is 17.7 Å². The molecule has 0 heterocycles. The molecule has 0 aromatic carbocycles. The van der Waals surface area contributed by atoms with Crippen molar-refractivity contribution in [2.45, 2.75) is 57.5 Å². The van der Waals surface area contributed by atoms with Crippen LogP contribution in [0.2, 0.25) is 0 Å². The number of carboxylic acid groups (broad SMARTS) is 2. The summed E-state index contributed by atoms with van der Waals surface area (Å²) in [6.45, 7) is 4.48. The van der Waals surface area contributed by atoms with Crippen molar-refractivity contribution in [1.29, 1.82) is 0 Å². The summed E-state index contributed by atoms with van der Waals surface area (Å²) in [6, 6.07) is -5.54. The Kier molecular flexibility index (Phi) is 11.2. The van der Waals surface area contributed by atoms with Gasteiger partial charge < -0.3 is 37.0 Å². The van der Waals surface area contributed by atoms with Gasteiger partial charge in [-0.05, 0) is 12.8 Å². The average molecular weight is 436 g/mol. The Hall–Kier alpha value is -2.38. The van der Waals surface area contributed by atoms with Crippen molar-refractivity contribution >= 4 is 42.3 Å². The van der Waals surface area contributed by atoms with Crippen molar-refractivity contribution in [3.63, 3.8) is 0 Å². The van der Waals surface area contributed by atoms with Gasteiger partial charge in [0, 0.05) is 5.75 Å². The lowest BCUT2D eigenvalue weighted by Crippen LogP contribution is -2.60. The summed E-state index contributed by atoms with van der Waals surface area (Å²) in [6.07, 6.45) is -2.25. The van der Waals surface area contributed by atoms with E-state index in [1.807, 2.05) is 0 Å². The third-order valence-electron chi connectivity index (χ3n) is 3.89. The standard InChI is InChI=1S/C16H28N4O8S/c1-6(2)11(17)14(25)18-8(4-10(22)23)13(24)20-12(7(3)21)15(26)19-9(5-29)16(27)28/h6-9,11-12,21,29H,4-5,17H2,1-3H3,(H,18,25)(H,19,26)(H,20,24)(H,22,23)(H,27,28). The van der Waals surface area contributed by atoms with Crippen LogP contribution >= 0.6 is 12.6 Å². The van der Waals surface area contributed by atoms with E-state index in [2.05, 4.69) is 28.6 Å². The molecule has 29 heavy (non-hydrogen) atoms. The highest BCUT2D eigenvalue weighted by atomic mass is 32.1. The molecular formula is C16H28N4O8S. The number of aliphatic hydroxyl groups is 1. The third kappa shape index (κ3) is 9.11. The summed E-state index contributed by atoms with van der Waals surface area (Å²) >= 11 is 3.79. The molecule has 0 aliphatic heterocycles. The van der Waals surface area contributed by atoms with Crippen LogP contribution in [0, 0.1) is 5.92 Å². The highest BCUT2D eigenvalue weighted by Gasteiger charge is 2.33. The van der Waals surface area contributed by atoms with Gasteiger partial charge >= 0.3 is 11.9 Å². The number of aliphatic carboxylic acids is 2. The van der Waals surface area contributed by atoms with Crippen LogP contribution in [0.5, 0.6) is 0 Å². The summed E-state index contributed by atoms with van der Waals surface area (Å²) in [4.78, 5) is 58.9. The van der Waals surface area contributed by atoms with Crippen molar-refractivity contribution in [3.8, 4) is 0 Å². The summed E-state index contributed by atoms with van der Waals surface area (Å²) in [7, 11) is 0. The number of aliphatic hydroxyl groups excluding tert-OH is 1. The zero-order valence-corrected chi connectivity index (χ0v) is 17.2. The largest absolute Gasteiger partial charge is 0.481 e. The van der Waals surface area contributed by atoms with E-state index in [0.29, 0.717) is 0 Å². The molecule has 13 heteroatoms. The van der Waals surface area contributed by atoms with E-state index in [9.17, 15) is 29.1 Å². The lowest BCUT2D eigenvalue weighted by molar-refractivity contribution is -0.143. The molecule has 0 saturated heterocycles. The second-order valence-electron chi connectivity index (χ2n) is 6.74. The van der Waals surface area contributed by atoms with Gasteiger partial charge in [-0.25, -0.2) is 4.79 Å². The minimum Gasteiger partial charge on any atom is -0.481 e. The topological polar surface area (TPSA) is 208 Å². The van der Waals surface area contributed by atoms with Crippen LogP contribution < -0.4 is 21.7 Å². The number of hydrogen-bond acceptors (Lipinski definition) is 8. The first-order valence-corrected chi connectivity index (χ1v) is 9.35. The highest BCUT2D eigenvalue weighted by Crippen LogP contribution is 2.03. The number of nitrogens with two attached hydrogens (primary N) is 1. The van der Waals surface area contributed by atoms with Gasteiger partial charge in [-0.3, -0.25) is 19.2 Å². The molecule has 0 aliphatic rings. The molecule has 0 fully saturated rings. The van der Waals surface area contributed by atoms with Gasteiger partial charge in [0.25, 0.3) is 0 Å². The Labute approximate surface area is 173 Å². The molecule has 0 spiro atoms. The zero-order valence-electron chi connectivity index (χ0n) is 16.3. The summed E-state index contributed by atoms with van der Waals surface area (Å²) in [5.74, 6) is -6.14. The molecule has 5 atom stereocenters. The quantitative estimate of drug-likeness (QED) is 0.149. The Balaban J connectivity index is 5.38. The van der Waals surface area contributed by atoms with E-state index in [-0.39, 0.29) is 11.7 Å². The van der Waals surface area contributed by atoms with Gasteiger partial charge in [0.05, 0.1) is 18.6 Å². The first-order chi connectivity index (χ1) is 13.3. The number of nitrogens with one attached hydrogen (secondary N) is 3. The smallest absolute Gasteiger partial charge is 0.327 e. The number of carbonyl (C=O) groups is 5. The fourth-order valence-electron chi connectivity index (χ4n) is 2.06. The van der Waals surface area contributed by atoms with E-state index in [1.54, 1.807) is 13.8 Å². The van der Waals surface area contributed by atoms with Crippen molar-refractivity contribution in [1.82, 2.24) is 16.0 Å². The van der Waals surface area contributed by atoms with Crippen molar-refractivity contribution in [3.05, 3.63) is 0 Å². The molecule has 12 nitrogen and oxygen atoms in total. The molecule has 0 saturated carbocycles. The second-order valence-corrected chi connectivity index (χ2v) is 7.10. The van der Waals surface area contributed by atoms with E-state index < -0.39 is 66.4 Å². The molecule has 5 unspecified atom stereocenters. The fraction of sp³-hybridized carbons (Fsp3) is 0.688. The first-order valence-electron chi connectivity index (χ1n) is 8.72. The third-order valence-corrected chi connectivity index (χ3v) is 4.26. The Morgan fingerprint density at radius 2 is 1.41 bits per heavy atom. The predicted octanol–water partition coefficient (Wildman–Crippen LogP) is -2.71. The predicted molar refractivity (Wildman–Crippen MR) is 104 cm³/mol. The SMILES string of the molecule is CC(C)C(N)C(=O)NC(CC(=O)O)C(=O)NC(C(=O)NC(CS)C(=O)O)C(C)O. The zero-order chi connectivity index (χ0) is 22.9. The highest BCUT2D eigenvalue weighted by molar-refractivity contribution is 7.80. The van der Waals surface area contributed by atoms with Crippen LogP contribution in [0.4, 0.5) is 0 Å². The number of rotatable bonds is 12. The van der Waals surface area contributed by atoms with Crippen molar-refractivity contribution in [2.75, 3.05) is 5.75 Å². The van der Waals surface area contributed by atoms with Crippen molar-refractivity contribution in [2.24, 2.45) is 11.7 Å². The lowest BCUT2D eigenvalue weighted by atomic mass is 10.0. The number of carboxylic acids is 2. The van der Waals surface area contributed by atoms with Crippen LogP contribution in [0.3, 0.4) is 0 Å². The summed E-state index contributed by atoms with van der Waals surface area (Å²) in [5, 5.41) is 34.2. The molecule has 0 rings (SSSR count). The molecule has 0 radical (unpaired) electrons. The maximum atomic E-state index is 12.5. The fourth-order valence-corrected chi connectivity index (χ4v) is 2.31. The molecule has 0 aliphatic carbocycles. The maximum absolute atomic E-state index is 12.5. The number of thiol groups is 1. The van der Waals surface area contributed by atoms with E-state index >= 15 is 0 Å². The lowest BCUT2D eigenvalue weighted by Gasteiger charge is -2.26. The van der Waals surface area contributed by atoms with E-state index in [4.69, 9.17) is 15.9 Å². The Morgan fingerprint density at radius 1 is 0.897 bits per heavy atom. The van der Waals surface area contributed by atoms with Crippen LogP contribution in [0.15, 0.2) is 0 Å². The molecule has 0 aromatic heterocycles. The van der Waals surface area contributed by atoms with E-state index in [0.717, 1.165) is 0 Å². The second kappa shape index (κ2) is 12.2. The Morgan fingerprint density at radius 3 is 1.79 bits per heavy atom. The maximum Gasteiger partial charge on any atom is 0.327 e. The van der Waals surface area contributed by atoms with E-state index in [1.165, 1.54) is 6.92 Å². The minimum atomic E-state index is -1.60. The average Bonchev–Trinajstić information content (AvgIpc) is 2.61. The minimum absolute atomic E-state index is 0.244. The molecular weight excluding hydrogens is 408 g/mol. The van der Waals surface area contributed by atoms with Gasteiger partial charge in [-0.1, -0.05) is 13.8 Å². The first kappa shape index (κ1) is 26.6. The molecule has 8 N–H and O–H groups in total. The molecule has 0 aromatic rings. The van der Waals surface area contributed by atoms with Gasteiger partial charge in [0.1, 0.15) is 18.1 Å². The van der Waals surface area contributed by atoms with Crippen LogP contribution in [0.25, 0.3) is 0 Å². The monoisotopic (exact) mass is 436 g/mol. The van der Waals surface area contributed by atoms with Crippen LogP contribution in [0.1, 0.15) is 27.2 Å². The molecule has 3 amide bonds. The van der Waals surface area contributed by atoms with Crippen LogP contribution in [-0.2, 0) is 24.0 Å². The summed E-state index contributed by atoms with van der Waals surface area (Å²) in [5.41, 5.74) is 5.68. The number of carbonyl (C=O) groups excluding carboxylic acids is 3. The molecule has 0 bridgehead atoms. The van der Waals surface area contributed by atoms with Gasteiger partial charge in [-0.2, -0.15) is 12.6 Å². The number of amides is 3. The number of hydrogen-bond donors (Lipinski definition) is 8. The van der Waals surface area contributed by atoms with Crippen LogP contribution in [-0.4, -0.2) is 81.0 Å². The van der Waals surface area contributed by atoms with Gasteiger partial charge in [-0.15, -0.1) is 0 Å². The summed E-state index contributed by atoms with van der Waals surface area (Å²) < 4.78 is 0. The van der Waals surface area contributed by atoms with Gasteiger partial charge in [0.15, 0.2) is 0 Å². The normalized spacial score (nSPS) is 16.1. The molecule has 166 valence electrons.